The van der Waals surface area contributed by atoms with E-state index >= 15 is 0 Å². The number of hydrogen-bond donors (Lipinski definition) is 2. The van der Waals surface area contributed by atoms with Gasteiger partial charge in [0.1, 0.15) is 28.8 Å². The number of aromatic nitrogens is 3. The molecule has 0 aliphatic carbocycles. The van der Waals surface area contributed by atoms with Gasteiger partial charge in [-0.3, -0.25) is 4.79 Å². The van der Waals surface area contributed by atoms with E-state index in [9.17, 15) is 4.79 Å². The third-order valence-electron chi connectivity index (χ3n) is 5.21. The molecular weight excluding hydrogens is 442 g/mol. The van der Waals surface area contributed by atoms with Gasteiger partial charge in [-0.25, -0.2) is 9.97 Å². The Morgan fingerprint density at radius 1 is 0.829 bits per heavy atom. The molecule has 3 aromatic carbocycles. The van der Waals surface area contributed by atoms with Crippen LogP contribution in [-0.4, -0.2) is 20.4 Å². The Bertz CT molecular complexity index is 1480. The molecule has 5 aromatic rings. The van der Waals surface area contributed by atoms with E-state index in [0.29, 0.717) is 23.3 Å². The summed E-state index contributed by atoms with van der Waals surface area (Å²) in [6.45, 7) is 1.43. The van der Waals surface area contributed by atoms with Gasteiger partial charge in [0, 0.05) is 38.0 Å². The number of aryl methyl sites for hydroxylation is 1. The van der Waals surface area contributed by atoms with Crippen LogP contribution in [0.15, 0.2) is 91.1 Å². The van der Waals surface area contributed by atoms with Crippen molar-refractivity contribution in [1.82, 2.24) is 14.5 Å². The van der Waals surface area contributed by atoms with E-state index in [1.165, 1.54) is 6.92 Å². The Hall–Kier alpha value is -4.85. The minimum absolute atomic E-state index is 0.192. The van der Waals surface area contributed by atoms with E-state index in [-0.39, 0.29) is 5.91 Å². The Balaban J connectivity index is 1.31. The summed E-state index contributed by atoms with van der Waals surface area (Å²) in [5.41, 5.74) is 2.63. The molecule has 174 valence electrons. The van der Waals surface area contributed by atoms with Crippen molar-refractivity contribution in [3.63, 3.8) is 0 Å². The van der Waals surface area contributed by atoms with Crippen molar-refractivity contribution in [2.24, 2.45) is 7.05 Å². The lowest BCUT2D eigenvalue weighted by Crippen LogP contribution is -2.07. The number of amides is 1. The van der Waals surface area contributed by atoms with Crippen LogP contribution in [0.1, 0.15) is 6.92 Å². The predicted molar refractivity (Wildman–Crippen MR) is 136 cm³/mol. The van der Waals surface area contributed by atoms with Gasteiger partial charge in [-0.1, -0.05) is 18.2 Å². The molecule has 0 saturated carbocycles. The summed E-state index contributed by atoms with van der Waals surface area (Å²) in [5.74, 6) is 3.68. The van der Waals surface area contributed by atoms with Gasteiger partial charge in [0.2, 0.25) is 11.9 Å². The average molecular weight is 466 g/mol. The average Bonchev–Trinajstić information content (AvgIpc) is 3.15. The zero-order valence-electron chi connectivity index (χ0n) is 19.2. The molecule has 0 aliphatic heterocycles. The third kappa shape index (κ3) is 5.22. The zero-order chi connectivity index (χ0) is 24.2. The fourth-order valence-electron chi connectivity index (χ4n) is 3.57. The number of imidazole rings is 1. The first-order valence-electron chi connectivity index (χ1n) is 11.0. The van der Waals surface area contributed by atoms with Crippen molar-refractivity contribution in [2.45, 2.75) is 6.92 Å². The number of hydrogen-bond acceptors (Lipinski definition) is 6. The van der Waals surface area contributed by atoms with E-state index in [1.807, 2.05) is 84.4 Å². The van der Waals surface area contributed by atoms with Crippen molar-refractivity contribution >= 4 is 34.4 Å². The highest BCUT2D eigenvalue weighted by Gasteiger charge is 2.10. The number of carbonyl (C=O) groups is 1. The highest BCUT2D eigenvalue weighted by atomic mass is 16.5. The molecule has 2 N–H and O–H groups in total. The van der Waals surface area contributed by atoms with Gasteiger partial charge in [0.05, 0.1) is 11.0 Å². The quantitative estimate of drug-likeness (QED) is 0.295. The zero-order valence-corrected chi connectivity index (χ0v) is 19.2. The van der Waals surface area contributed by atoms with E-state index in [0.717, 1.165) is 28.2 Å². The maximum absolute atomic E-state index is 11.3. The van der Waals surface area contributed by atoms with Crippen molar-refractivity contribution in [1.29, 1.82) is 0 Å². The van der Waals surface area contributed by atoms with E-state index < -0.39 is 0 Å². The molecule has 8 heteroatoms. The fraction of sp³-hybridized carbons (Fsp3) is 0.0741. The van der Waals surface area contributed by atoms with Crippen LogP contribution in [-0.2, 0) is 11.8 Å². The molecule has 0 fully saturated rings. The van der Waals surface area contributed by atoms with Crippen LogP contribution in [0.3, 0.4) is 0 Å². The van der Waals surface area contributed by atoms with Crippen molar-refractivity contribution in [2.75, 3.05) is 10.6 Å². The van der Waals surface area contributed by atoms with Gasteiger partial charge in [0.25, 0.3) is 0 Å². The molecule has 0 aliphatic rings. The number of carbonyl (C=O) groups excluding carboxylic acids is 1. The lowest BCUT2D eigenvalue weighted by atomic mass is 10.3. The molecule has 0 spiro atoms. The molecule has 0 unspecified atom stereocenters. The minimum atomic E-state index is -0.192. The van der Waals surface area contributed by atoms with Crippen molar-refractivity contribution in [3.8, 4) is 23.0 Å². The number of nitrogens with one attached hydrogen (secondary N) is 2. The molecule has 35 heavy (non-hydrogen) atoms. The fourth-order valence-corrected chi connectivity index (χ4v) is 3.57. The predicted octanol–water partition coefficient (Wildman–Crippen LogP) is 6.25. The SMILES string of the molecule is CC(=O)Nc1cc(Oc2ccc3c(c2)nc(Nc2ccc(Oc4ccccc4)cc2)n3C)ccn1. The normalized spacial score (nSPS) is 10.7. The topological polar surface area (TPSA) is 90.3 Å². The minimum Gasteiger partial charge on any atom is -0.457 e. The molecule has 5 rings (SSSR count). The second-order valence-corrected chi connectivity index (χ2v) is 7.87. The Kier molecular flexibility index (Phi) is 6.00. The maximum Gasteiger partial charge on any atom is 0.222 e. The molecule has 2 heterocycles. The smallest absolute Gasteiger partial charge is 0.222 e. The molecule has 8 nitrogen and oxygen atoms in total. The standard InChI is InChI=1S/C27H23N5O3/c1-18(33)29-26-17-23(14-15-28-26)35-22-12-13-25-24(16-22)31-27(32(25)2)30-19-8-10-21(11-9-19)34-20-6-4-3-5-7-20/h3-17H,1-2H3,(H,30,31)(H,28,29,33). The number of pyridine rings is 1. The molecule has 2 aromatic heterocycles. The summed E-state index contributed by atoms with van der Waals surface area (Å²) in [5, 5.41) is 6.00. The summed E-state index contributed by atoms with van der Waals surface area (Å²) in [6.07, 6.45) is 1.58. The number of nitrogens with zero attached hydrogens (tertiary/aromatic N) is 3. The first-order chi connectivity index (χ1) is 17.0. The van der Waals surface area contributed by atoms with Gasteiger partial charge in [-0.15, -0.1) is 0 Å². The second kappa shape index (κ2) is 9.56. The maximum atomic E-state index is 11.3. The highest BCUT2D eigenvalue weighted by molar-refractivity contribution is 5.87. The summed E-state index contributed by atoms with van der Waals surface area (Å²) >= 11 is 0. The summed E-state index contributed by atoms with van der Waals surface area (Å²) in [4.78, 5) is 20.1. The number of ether oxygens (including phenoxy) is 2. The first-order valence-corrected chi connectivity index (χ1v) is 11.0. The monoisotopic (exact) mass is 465 g/mol. The molecule has 1 amide bonds. The van der Waals surface area contributed by atoms with Gasteiger partial charge < -0.3 is 24.7 Å². The molecular formula is C27H23N5O3. The number of anilines is 3. The summed E-state index contributed by atoms with van der Waals surface area (Å²) < 4.78 is 13.8. The largest absolute Gasteiger partial charge is 0.457 e. The van der Waals surface area contributed by atoms with Gasteiger partial charge >= 0.3 is 0 Å². The van der Waals surface area contributed by atoms with Crippen LogP contribution >= 0.6 is 0 Å². The summed E-state index contributed by atoms with van der Waals surface area (Å²) in [6, 6.07) is 26.5. The van der Waals surface area contributed by atoms with Gasteiger partial charge in [-0.2, -0.15) is 0 Å². The molecule has 0 atom stereocenters. The summed E-state index contributed by atoms with van der Waals surface area (Å²) in [7, 11) is 1.95. The number of rotatable bonds is 7. The third-order valence-corrected chi connectivity index (χ3v) is 5.21. The lowest BCUT2D eigenvalue weighted by molar-refractivity contribution is -0.114. The molecule has 0 saturated heterocycles. The van der Waals surface area contributed by atoms with E-state index in [1.54, 1.807) is 18.3 Å². The number of para-hydroxylation sites is 1. The highest BCUT2D eigenvalue weighted by Crippen LogP contribution is 2.29. The molecule has 0 radical (unpaired) electrons. The van der Waals surface area contributed by atoms with Crippen LogP contribution in [0.25, 0.3) is 11.0 Å². The Morgan fingerprint density at radius 2 is 1.51 bits per heavy atom. The van der Waals surface area contributed by atoms with Crippen molar-refractivity contribution in [3.05, 3.63) is 91.1 Å². The van der Waals surface area contributed by atoms with E-state index in [4.69, 9.17) is 14.5 Å². The van der Waals surface area contributed by atoms with Crippen LogP contribution in [0.4, 0.5) is 17.5 Å². The Labute approximate surface area is 202 Å². The van der Waals surface area contributed by atoms with Crippen LogP contribution < -0.4 is 20.1 Å². The number of fused-ring (bicyclic) bond motifs is 1. The lowest BCUT2D eigenvalue weighted by Gasteiger charge is -2.09. The Morgan fingerprint density at radius 3 is 2.29 bits per heavy atom. The van der Waals surface area contributed by atoms with Gasteiger partial charge in [-0.05, 0) is 54.6 Å². The van der Waals surface area contributed by atoms with E-state index in [2.05, 4.69) is 15.6 Å². The van der Waals surface area contributed by atoms with Crippen LogP contribution in [0.2, 0.25) is 0 Å². The first kappa shape index (κ1) is 22.0. The number of benzene rings is 3. The second-order valence-electron chi connectivity index (χ2n) is 7.87. The van der Waals surface area contributed by atoms with Crippen LogP contribution in [0.5, 0.6) is 23.0 Å². The molecule has 0 bridgehead atoms. The van der Waals surface area contributed by atoms with Crippen molar-refractivity contribution < 1.29 is 14.3 Å². The van der Waals surface area contributed by atoms with Gasteiger partial charge in [0.15, 0.2) is 0 Å². The van der Waals surface area contributed by atoms with Crippen LogP contribution in [0, 0.1) is 0 Å².